The Bertz CT molecular complexity index is 719. The molecular formula is C16H14ClFN2O2. The van der Waals surface area contributed by atoms with E-state index < -0.39 is 11.7 Å². The first-order valence-electron chi connectivity index (χ1n) is 6.55. The summed E-state index contributed by atoms with van der Waals surface area (Å²) >= 11 is 5.62. The number of carbonyl (C=O) groups is 2. The number of aryl methyl sites for hydroxylation is 1. The molecule has 0 aliphatic heterocycles. The van der Waals surface area contributed by atoms with Crippen LogP contribution in [0, 0.1) is 12.7 Å². The average Bonchev–Trinajstić information content (AvgIpc) is 2.48. The van der Waals surface area contributed by atoms with Crippen LogP contribution in [0.15, 0.2) is 42.5 Å². The van der Waals surface area contributed by atoms with Crippen molar-refractivity contribution in [3.05, 3.63) is 64.4 Å². The van der Waals surface area contributed by atoms with Crippen molar-refractivity contribution in [1.82, 2.24) is 5.32 Å². The molecule has 6 heteroatoms. The van der Waals surface area contributed by atoms with E-state index in [2.05, 4.69) is 10.6 Å². The number of halogens is 2. The van der Waals surface area contributed by atoms with E-state index in [9.17, 15) is 14.0 Å². The number of hydrogen-bond donors (Lipinski definition) is 2. The Kier molecular flexibility index (Phi) is 5.12. The normalized spacial score (nSPS) is 10.1. The fraction of sp³-hybridized carbons (Fsp3) is 0.125. The van der Waals surface area contributed by atoms with Gasteiger partial charge in [0.2, 0.25) is 5.91 Å². The van der Waals surface area contributed by atoms with Gasteiger partial charge in [-0.25, -0.2) is 4.39 Å². The minimum atomic E-state index is -0.563. The summed E-state index contributed by atoms with van der Waals surface area (Å²) in [6.07, 6.45) is 0. The van der Waals surface area contributed by atoms with E-state index in [-0.39, 0.29) is 17.5 Å². The topological polar surface area (TPSA) is 58.2 Å². The van der Waals surface area contributed by atoms with E-state index >= 15 is 0 Å². The molecule has 0 atom stereocenters. The van der Waals surface area contributed by atoms with Crippen molar-refractivity contribution in [3.63, 3.8) is 0 Å². The number of rotatable bonds is 4. The van der Waals surface area contributed by atoms with Gasteiger partial charge in [0, 0.05) is 11.3 Å². The summed E-state index contributed by atoms with van der Waals surface area (Å²) in [6.45, 7) is 1.68. The van der Waals surface area contributed by atoms with Crippen LogP contribution in [0.3, 0.4) is 0 Å². The standard InChI is InChI=1S/C16H14ClFN2O2/c1-10-3-2-4-11(7-10)16(22)19-9-15(21)20-12-5-6-14(18)13(17)8-12/h2-8H,9H2,1H3,(H,19,22)(H,20,21). The Morgan fingerprint density at radius 2 is 1.95 bits per heavy atom. The second kappa shape index (κ2) is 7.04. The highest BCUT2D eigenvalue weighted by atomic mass is 35.5. The van der Waals surface area contributed by atoms with Gasteiger partial charge in [-0.1, -0.05) is 29.3 Å². The lowest BCUT2D eigenvalue weighted by atomic mass is 10.1. The first kappa shape index (κ1) is 16.0. The molecule has 0 aromatic heterocycles. The Labute approximate surface area is 132 Å². The van der Waals surface area contributed by atoms with Gasteiger partial charge in [-0.3, -0.25) is 9.59 Å². The molecule has 2 amide bonds. The molecule has 0 heterocycles. The molecule has 0 radical (unpaired) electrons. The zero-order valence-corrected chi connectivity index (χ0v) is 12.6. The van der Waals surface area contributed by atoms with Gasteiger partial charge in [-0.2, -0.15) is 0 Å². The summed E-state index contributed by atoms with van der Waals surface area (Å²) < 4.78 is 13.0. The van der Waals surface area contributed by atoms with Crippen LogP contribution in [-0.4, -0.2) is 18.4 Å². The second-order valence-corrected chi connectivity index (χ2v) is 5.14. The summed E-state index contributed by atoms with van der Waals surface area (Å²) in [7, 11) is 0. The molecule has 0 saturated heterocycles. The highest BCUT2D eigenvalue weighted by Gasteiger charge is 2.09. The van der Waals surface area contributed by atoms with Crippen LogP contribution < -0.4 is 10.6 Å². The Morgan fingerprint density at radius 1 is 1.18 bits per heavy atom. The molecule has 0 unspecified atom stereocenters. The van der Waals surface area contributed by atoms with Crippen LogP contribution in [0.5, 0.6) is 0 Å². The van der Waals surface area contributed by atoms with E-state index in [1.807, 2.05) is 13.0 Å². The predicted molar refractivity (Wildman–Crippen MR) is 83.6 cm³/mol. The van der Waals surface area contributed by atoms with Crippen molar-refractivity contribution in [2.24, 2.45) is 0 Å². The van der Waals surface area contributed by atoms with E-state index in [0.717, 1.165) is 11.6 Å². The third-order valence-corrected chi connectivity index (χ3v) is 3.18. The van der Waals surface area contributed by atoms with Crippen molar-refractivity contribution in [1.29, 1.82) is 0 Å². The number of hydrogen-bond acceptors (Lipinski definition) is 2. The van der Waals surface area contributed by atoms with Gasteiger partial charge in [0.15, 0.2) is 0 Å². The molecule has 0 aliphatic rings. The van der Waals surface area contributed by atoms with Crippen molar-refractivity contribution in [2.75, 3.05) is 11.9 Å². The third-order valence-electron chi connectivity index (χ3n) is 2.89. The van der Waals surface area contributed by atoms with Crippen LogP contribution in [0.2, 0.25) is 5.02 Å². The smallest absolute Gasteiger partial charge is 0.251 e. The number of anilines is 1. The van der Waals surface area contributed by atoms with E-state index in [0.29, 0.717) is 11.3 Å². The minimum absolute atomic E-state index is 0.0819. The van der Waals surface area contributed by atoms with E-state index in [1.165, 1.54) is 12.1 Å². The summed E-state index contributed by atoms with van der Waals surface area (Å²) in [6, 6.07) is 10.9. The largest absolute Gasteiger partial charge is 0.343 e. The number of amides is 2. The molecule has 0 bridgehead atoms. The monoisotopic (exact) mass is 320 g/mol. The minimum Gasteiger partial charge on any atom is -0.343 e. The molecule has 2 rings (SSSR count). The SMILES string of the molecule is Cc1cccc(C(=O)NCC(=O)Nc2ccc(F)c(Cl)c2)c1. The first-order chi connectivity index (χ1) is 10.5. The van der Waals surface area contributed by atoms with Gasteiger partial charge in [-0.05, 0) is 37.3 Å². The quantitative estimate of drug-likeness (QED) is 0.909. The number of benzene rings is 2. The first-order valence-corrected chi connectivity index (χ1v) is 6.93. The van der Waals surface area contributed by atoms with Gasteiger partial charge in [0.05, 0.1) is 11.6 Å². The van der Waals surface area contributed by atoms with E-state index in [1.54, 1.807) is 18.2 Å². The molecule has 114 valence electrons. The lowest BCUT2D eigenvalue weighted by Crippen LogP contribution is -2.32. The molecule has 22 heavy (non-hydrogen) atoms. The van der Waals surface area contributed by atoms with Crippen LogP contribution in [-0.2, 0) is 4.79 Å². The Morgan fingerprint density at radius 3 is 2.64 bits per heavy atom. The maximum Gasteiger partial charge on any atom is 0.251 e. The number of carbonyl (C=O) groups excluding carboxylic acids is 2. The van der Waals surface area contributed by atoms with Crippen molar-refractivity contribution in [3.8, 4) is 0 Å². The summed E-state index contributed by atoms with van der Waals surface area (Å²) in [5, 5.41) is 4.96. The van der Waals surface area contributed by atoms with E-state index in [4.69, 9.17) is 11.6 Å². The van der Waals surface area contributed by atoms with Gasteiger partial charge in [-0.15, -0.1) is 0 Å². The molecule has 0 saturated carbocycles. The fourth-order valence-electron chi connectivity index (χ4n) is 1.83. The van der Waals surface area contributed by atoms with Crippen molar-refractivity contribution < 1.29 is 14.0 Å². The molecule has 2 aromatic rings. The highest BCUT2D eigenvalue weighted by molar-refractivity contribution is 6.31. The van der Waals surface area contributed by atoms with Gasteiger partial charge in [0.1, 0.15) is 5.82 Å². The van der Waals surface area contributed by atoms with Crippen molar-refractivity contribution in [2.45, 2.75) is 6.92 Å². The Hall–Kier alpha value is -2.40. The molecule has 0 spiro atoms. The fourth-order valence-corrected chi connectivity index (χ4v) is 2.01. The molecule has 2 aromatic carbocycles. The number of nitrogens with one attached hydrogen (secondary N) is 2. The van der Waals surface area contributed by atoms with Crippen LogP contribution in [0.1, 0.15) is 15.9 Å². The zero-order valence-electron chi connectivity index (χ0n) is 11.8. The average molecular weight is 321 g/mol. The molecule has 4 nitrogen and oxygen atoms in total. The van der Waals surface area contributed by atoms with Gasteiger partial charge >= 0.3 is 0 Å². The van der Waals surface area contributed by atoms with Crippen molar-refractivity contribution >= 4 is 29.1 Å². The maximum atomic E-state index is 13.0. The molecule has 0 aliphatic carbocycles. The molecule has 0 fully saturated rings. The van der Waals surface area contributed by atoms with Gasteiger partial charge in [0.25, 0.3) is 5.91 Å². The molecule has 2 N–H and O–H groups in total. The van der Waals surface area contributed by atoms with Crippen LogP contribution in [0.25, 0.3) is 0 Å². The molecular weight excluding hydrogens is 307 g/mol. The summed E-state index contributed by atoms with van der Waals surface area (Å²) in [5.41, 5.74) is 1.80. The van der Waals surface area contributed by atoms with Gasteiger partial charge < -0.3 is 10.6 Å². The summed E-state index contributed by atoms with van der Waals surface area (Å²) in [5.74, 6) is -1.33. The highest BCUT2D eigenvalue weighted by Crippen LogP contribution is 2.19. The Balaban J connectivity index is 1.90. The maximum absolute atomic E-state index is 13.0. The zero-order chi connectivity index (χ0) is 16.1. The third kappa shape index (κ3) is 4.30. The van der Waals surface area contributed by atoms with Crippen LogP contribution >= 0.6 is 11.6 Å². The lowest BCUT2D eigenvalue weighted by molar-refractivity contribution is -0.115. The second-order valence-electron chi connectivity index (χ2n) is 4.73. The lowest BCUT2D eigenvalue weighted by Gasteiger charge is -2.08. The predicted octanol–water partition coefficient (Wildman–Crippen LogP) is 3.16. The summed E-state index contributed by atoms with van der Waals surface area (Å²) in [4.78, 5) is 23.6. The van der Waals surface area contributed by atoms with Crippen LogP contribution in [0.4, 0.5) is 10.1 Å².